The molecule has 142 valence electrons. The molecule has 2 amide bonds. The SMILES string of the molecule is O=C(NCCCSc1ccccc1)c1cccc(NC(=O)C2CCCO2)c1. The Morgan fingerprint density at radius 3 is 2.74 bits per heavy atom. The zero-order valence-electron chi connectivity index (χ0n) is 15.1. The first-order chi connectivity index (χ1) is 13.2. The molecule has 0 radical (unpaired) electrons. The lowest BCUT2D eigenvalue weighted by Gasteiger charge is -2.11. The third kappa shape index (κ3) is 6.12. The molecular formula is C21H24N2O3S. The van der Waals surface area contributed by atoms with Crippen molar-refractivity contribution in [3.63, 3.8) is 0 Å². The zero-order valence-corrected chi connectivity index (χ0v) is 16.0. The van der Waals surface area contributed by atoms with Gasteiger partial charge in [-0.15, -0.1) is 11.8 Å². The smallest absolute Gasteiger partial charge is 0.253 e. The first-order valence-corrected chi connectivity index (χ1v) is 10.2. The Morgan fingerprint density at radius 1 is 1.11 bits per heavy atom. The van der Waals surface area contributed by atoms with Gasteiger partial charge in [-0.1, -0.05) is 24.3 Å². The molecule has 0 aliphatic carbocycles. The minimum absolute atomic E-state index is 0.132. The number of benzene rings is 2. The van der Waals surface area contributed by atoms with Gasteiger partial charge < -0.3 is 15.4 Å². The molecule has 1 atom stereocenters. The van der Waals surface area contributed by atoms with Crippen LogP contribution >= 0.6 is 11.8 Å². The second kappa shape index (κ2) is 10.1. The van der Waals surface area contributed by atoms with E-state index in [0.717, 1.165) is 25.0 Å². The van der Waals surface area contributed by atoms with E-state index in [-0.39, 0.29) is 17.9 Å². The minimum Gasteiger partial charge on any atom is -0.368 e. The highest BCUT2D eigenvalue weighted by Crippen LogP contribution is 2.18. The molecule has 1 unspecified atom stereocenters. The average molecular weight is 385 g/mol. The van der Waals surface area contributed by atoms with Crippen LogP contribution in [0, 0.1) is 0 Å². The van der Waals surface area contributed by atoms with Crippen LogP contribution in [0.2, 0.25) is 0 Å². The molecular weight excluding hydrogens is 360 g/mol. The van der Waals surface area contributed by atoms with Gasteiger partial charge in [-0.2, -0.15) is 0 Å². The van der Waals surface area contributed by atoms with E-state index in [4.69, 9.17) is 4.74 Å². The number of carbonyl (C=O) groups is 2. The standard InChI is InChI=1S/C21H24N2O3S/c24-20(22-12-6-14-27-18-9-2-1-3-10-18)16-7-4-8-17(15-16)23-21(25)19-11-5-13-26-19/h1-4,7-10,15,19H,5-6,11-14H2,(H,22,24)(H,23,25). The highest BCUT2D eigenvalue weighted by atomic mass is 32.2. The lowest BCUT2D eigenvalue weighted by Crippen LogP contribution is -2.27. The lowest BCUT2D eigenvalue weighted by molar-refractivity contribution is -0.124. The van der Waals surface area contributed by atoms with Crippen molar-refractivity contribution in [2.24, 2.45) is 0 Å². The molecule has 1 saturated heterocycles. The van der Waals surface area contributed by atoms with Crippen LogP contribution in [0.25, 0.3) is 0 Å². The van der Waals surface area contributed by atoms with E-state index in [9.17, 15) is 9.59 Å². The maximum atomic E-state index is 12.3. The van der Waals surface area contributed by atoms with E-state index in [0.29, 0.717) is 24.4 Å². The molecule has 1 aliphatic rings. The van der Waals surface area contributed by atoms with Gasteiger partial charge >= 0.3 is 0 Å². The quantitative estimate of drug-likeness (QED) is 0.538. The first kappa shape index (κ1) is 19.5. The van der Waals surface area contributed by atoms with Crippen molar-refractivity contribution < 1.29 is 14.3 Å². The van der Waals surface area contributed by atoms with Crippen molar-refractivity contribution in [2.45, 2.75) is 30.3 Å². The Morgan fingerprint density at radius 2 is 1.96 bits per heavy atom. The summed E-state index contributed by atoms with van der Waals surface area (Å²) in [5.41, 5.74) is 1.15. The number of nitrogens with one attached hydrogen (secondary N) is 2. The molecule has 2 N–H and O–H groups in total. The van der Waals surface area contributed by atoms with Gasteiger partial charge in [-0.25, -0.2) is 0 Å². The average Bonchev–Trinajstić information content (AvgIpc) is 3.24. The number of thioether (sulfide) groups is 1. The molecule has 0 aromatic heterocycles. The van der Waals surface area contributed by atoms with Crippen molar-refractivity contribution in [3.05, 3.63) is 60.2 Å². The van der Waals surface area contributed by atoms with Crippen LogP contribution in [0.4, 0.5) is 5.69 Å². The van der Waals surface area contributed by atoms with Crippen molar-refractivity contribution in [1.82, 2.24) is 5.32 Å². The molecule has 5 nitrogen and oxygen atoms in total. The number of hydrogen-bond donors (Lipinski definition) is 2. The van der Waals surface area contributed by atoms with Gasteiger partial charge in [-0.3, -0.25) is 9.59 Å². The lowest BCUT2D eigenvalue weighted by atomic mass is 10.1. The van der Waals surface area contributed by atoms with Crippen LogP contribution in [0.15, 0.2) is 59.5 Å². The van der Waals surface area contributed by atoms with E-state index < -0.39 is 0 Å². The summed E-state index contributed by atoms with van der Waals surface area (Å²) in [4.78, 5) is 25.7. The van der Waals surface area contributed by atoms with Gasteiger partial charge in [0.25, 0.3) is 11.8 Å². The Hall–Kier alpha value is -2.31. The maximum absolute atomic E-state index is 12.3. The third-order valence-electron chi connectivity index (χ3n) is 4.23. The number of hydrogen-bond acceptors (Lipinski definition) is 4. The fourth-order valence-corrected chi connectivity index (χ4v) is 3.70. The van der Waals surface area contributed by atoms with Crippen LogP contribution in [0.3, 0.4) is 0 Å². The largest absolute Gasteiger partial charge is 0.368 e. The maximum Gasteiger partial charge on any atom is 0.253 e. The predicted molar refractivity (Wildman–Crippen MR) is 108 cm³/mol. The summed E-state index contributed by atoms with van der Waals surface area (Å²) >= 11 is 1.78. The normalized spacial score (nSPS) is 16.1. The summed E-state index contributed by atoms with van der Waals surface area (Å²) < 4.78 is 5.38. The molecule has 3 rings (SSSR count). The molecule has 2 aromatic carbocycles. The molecule has 0 bridgehead atoms. The Balaban J connectivity index is 1.42. The van der Waals surface area contributed by atoms with Crippen LogP contribution < -0.4 is 10.6 Å². The molecule has 6 heteroatoms. The van der Waals surface area contributed by atoms with Gasteiger partial charge in [0.15, 0.2) is 0 Å². The monoisotopic (exact) mass is 384 g/mol. The van der Waals surface area contributed by atoms with Gasteiger partial charge in [-0.05, 0) is 55.3 Å². The van der Waals surface area contributed by atoms with Crippen molar-refractivity contribution >= 4 is 29.3 Å². The number of rotatable bonds is 8. The predicted octanol–water partition coefficient (Wildman–Crippen LogP) is 3.72. The molecule has 0 spiro atoms. The summed E-state index contributed by atoms with van der Waals surface area (Å²) in [5.74, 6) is 0.665. The fourth-order valence-electron chi connectivity index (χ4n) is 2.83. The van der Waals surface area contributed by atoms with Crippen molar-refractivity contribution in [2.75, 3.05) is 24.2 Å². The molecule has 1 heterocycles. The fraction of sp³-hybridized carbons (Fsp3) is 0.333. The summed E-state index contributed by atoms with van der Waals surface area (Å²) in [6, 6.07) is 17.2. The van der Waals surface area contributed by atoms with Gasteiger partial charge in [0, 0.05) is 29.3 Å². The minimum atomic E-state index is -0.385. The summed E-state index contributed by atoms with van der Waals surface area (Å²) in [6.07, 6.45) is 2.15. The second-order valence-electron chi connectivity index (χ2n) is 6.34. The van der Waals surface area contributed by atoms with Crippen LogP contribution in [0.1, 0.15) is 29.6 Å². The summed E-state index contributed by atoms with van der Waals surface area (Å²) in [6.45, 7) is 1.24. The molecule has 27 heavy (non-hydrogen) atoms. The highest BCUT2D eigenvalue weighted by Gasteiger charge is 2.23. The Bertz CT molecular complexity index is 761. The van der Waals surface area contributed by atoms with Gasteiger partial charge in [0.1, 0.15) is 6.10 Å². The van der Waals surface area contributed by atoms with Gasteiger partial charge in [0.2, 0.25) is 0 Å². The second-order valence-corrected chi connectivity index (χ2v) is 7.51. The number of amides is 2. The molecule has 0 saturated carbocycles. The van der Waals surface area contributed by atoms with Crippen molar-refractivity contribution in [1.29, 1.82) is 0 Å². The first-order valence-electron chi connectivity index (χ1n) is 9.21. The number of ether oxygens (including phenoxy) is 1. The molecule has 2 aromatic rings. The van der Waals surface area contributed by atoms with E-state index >= 15 is 0 Å². The van der Waals surface area contributed by atoms with E-state index in [1.807, 2.05) is 18.2 Å². The third-order valence-corrected chi connectivity index (χ3v) is 5.33. The molecule has 1 fully saturated rings. The zero-order chi connectivity index (χ0) is 18.9. The van der Waals surface area contributed by atoms with Crippen LogP contribution in [-0.4, -0.2) is 36.8 Å². The Labute approximate surface area is 163 Å². The molecule has 1 aliphatic heterocycles. The highest BCUT2D eigenvalue weighted by molar-refractivity contribution is 7.99. The Kier molecular flexibility index (Phi) is 7.30. The van der Waals surface area contributed by atoms with E-state index in [1.165, 1.54) is 4.90 Å². The van der Waals surface area contributed by atoms with E-state index in [2.05, 4.69) is 22.8 Å². The van der Waals surface area contributed by atoms with Crippen LogP contribution in [-0.2, 0) is 9.53 Å². The number of anilines is 1. The topological polar surface area (TPSA) is 67.4 Å². The van der Waals surface area contributed by atoms with E-state index in [1.54, 1.807) is 36.0 Å². The van der Waals surface area contributed by atoms with Crippen molar-refractivity contribution in [3.8, 4) is 0 Å². The summed E-state index contributed by atoms with van der Waals surface area (Å²) in [7, 11) is 0. The van der Waals surface area contributed by atoms with Gasteiger partial charge in [0.05, 0.1) is 0 Å². The number of carbonyl (C=O) groups excluding carboxylic acids is 2. The van der Waals surface area contributed by atoms with Crippen LogP contribution in [0.5, 0.6) is 0 Å². The summed E-state index contributed by atoms with van der Waals surface area (Å²) in [5, 5.41) is 5.76.